The van der Waals surface area contributed by atoms with Crippen molar-refractivity contribution < 1.29 is 13.2 Å². The van der Waals surface area contributed by atoms with Gasteiger partial charge in [-0.2, -0.15) is 0 Å². The molecule has 1 aromatic rings. The lowest BCUT2D eigenvalue weighted by Crippen LogP contribution is -2.25. The van der Waals surface area contributed by atoms with Crippen LogP contribution in [-0.4, -0.2) is 20.9 Å². The lowest BCUT2D eigenvalue weighted by Gasteiger charge is -2.09. The van der Waals surface area contributed by atoms with Gasteiger partial charge in [0, 0.05) is 11.0 Å². The molecule has 3 N–H and O–H groups in total. The predicted molar refractivity (Wildman–Crippen MR) is 80.2 cm³/mol. The van der Waals surface area contributed by atoms with Crippen molar-refractivity contribution in [2.75, 3.05) is 6.54 Å². The van der Waals surface area contributed by atoms with Crippen LogP contribution in [0.25, 0.3) is 0 Å². The molecule has 5 nitrogen and oxygen atoms in total. The van der Waals surface area contributed by atoms with Crippen molar-refractivity contribution in [3.8, 4) is 0 Å². The van der Waals surface area contributed by atoms with E-state index in [0.717, 1.165) is 6.42 Å². The Morgan fingerprint density at radius 2 is 2.10 bits per heavy atom. The van der Waals surface area contributed by atoms with E-state index < -0.39 is 15.9 Å². The zero-order valence-corrected chi connectivity index (χ0v) is 13.7. The molecule has 2 rings (SSSR count). The molecule has 0 aliphatic heterocycles. The monoisotopic (exact) mass is 380 g/mol. The number of hydrogen-bond donors (Lipinski definition) is 2. The van der Waals surface area contributed by atoms with Crippen molar-refractivity contribution in [2.45, 2.75) is 24.2 Å². The first-order chi connectivity index (χ1) is 9.29. The molecule has 1 fully saturated rings. The number of halogens is 2. The van der Waals surface area contributed by atoms with Gasteiger partial charge in [-0.15, -0.1) is 0 Å². The Hall–Kier alpha value is -0.630. The van der Waals surface area contributed by atoms with E-state index in [0.29, 0.717) is 12.5 Å². The van der Waals surface area contributed by atoms with Crippen molar-refractivity contribution in [2.24, 2.45) is 11.1 Å². The molecule has 110 valence electrons. The molecular weight excluding hydrogens is 368 g/mol. The lowest BCUT2D eigenvalue weighted by molar-refractivity contribution is 0.0952. The highest BCUT2D eigenvalue weighted by atomic mass is 79.9. The Morgan fingerprint density at radius 1 is 1.45 bits per heavy atom. The SMILES string of the molecule is NS(=O)(=O)c1cc(C(=O)NCCC2CC2)c(Cl)cc1Br. The minimum Gasteiger partial charge on any atom is -0.352 e. The second kappa shape index (κ2) is 6.01. The van der Waals surface area contributed by atoms with Gasteiger partial charge in [0.05, 0.1) is 15.5 Å². The molecule has 0 atom stereocenters. The normalized spacial score (nSPS) is 15.2. The van der Waals surface area contributed by atoms with Crippen LogP contribution >= 0.6 is 27.5 Å². The summed E-state index contributed by atoms with van der Waals surface area (Å²) in [5.74, 6) is 0.309. The zero-order valence-electron chi connectivity index (χ0n) is 10.5. The van der Waals surface area contributed by atoms with Crippen LogP contribution in [0, 0.1) is 5.92 Å². The summed E-state index contributed by atoms with van der Waals surface area (Å²) in [7, 11) is -3.92. The van der Waals surface area contributed by atoms with Gasteiger partial charge < -0.3 is 5.32 Å². The summed E-state index contributed by atoms with van der Waals surface area (Å²) < 4.78 is 23.1. The zero-order chi connectivity index (χ0) is 14.9. The third-order valence-corrected chi connectivity index (χ3v) is 5.29. The highest BCUT2D eigenvalue weighted by Crippen LogP contribution is 2.32. The number of primary sulfonamides is 1. The van der Waals surface area contributed by atoms with Crippen LogP contribution in [0.15, 0.2) is 21.5 Å². The van der Waals surface area contributed by atoms with E-state index >= 15 is 0 Å². The van der Waals surface area contributed by atoms with Crippen LogP contribution in [0.1, 0.15) is 29.6 Å². The Labute approximate surface area is 131 Å². The molecule has 1 aliphatic carbocycles. The first-order valence-corrected chi connectivity index (χ1v) is 8.81. The van der Waals surface area contributed by atoms with Crippen LogP contribution < -0.4 is 10.5 Å². The maximum absolute atomic E-state index is 12.0. The number of hydrogen-bond acceptors (Lipinski definition) is 3. The van der Waals surface area contributed by atoms with Gasteiger partial charge in [0.2, 0.25) is 10.0 Å². The van der Waals surface area contributed by atoms with E-state index in [2.05, 4.69) is 21.2 Å². The number of carbonyl (C=O) groups is 1. The van der Waals surface area contributed by atoms with Crippen molar-refractivity contribution in [3.63, 3.8) is 0 Å². The molecule has 8 heteroatoms. The number of nitrogens with two attached hydrogens (primary N) is 1. The van der Waals surface area contributed by atoms with Gasteiger partial charge in [-0.25, -0.2) is 13.6 Å². The molecule has 20 heavy (non-hydrogen) atoms. The number of rotatable bonds is 5. The first kappa shape index (κ1) is 15.8. The molecule has 1 amide bonds. The molecular formula is C12H14BrClN2O3S. The summed E-state index contributed by atoms with van der Waals surface area (Å²) in [6.07, 6.45) is 3.36. The van der Waals surface area contributed by atoms with Crippen LogP contribution in [0.2, 0.25) is 5.02 Å². The summed E-state index contributed by atoms with van der Waals surface area (Å²) in [5, 5.41) is 8.00. The van der Waals surface area contributed by atoms with E-state index in [9.17, 15) is 13.2 Å². The number of sulfonamides is 1. The van der Waals surface area contributed by atoms with E-state index in [4.69, 9.17) is 16.7 Å². The number of benzene rings is 1. The Morgan fingerprint density at radius 3 is 2.65 bits per heavy atom. The molecule has 0 heterocycles. The predicted octanol–water partition coefficient (Wildman–Crippen LogP) is 2.28. The summed E-state index contributed by atoms with van der Waals surface area (Å²) in [6.45, 7) is 0.556. The Balaban J connectivity index is 2.19. The minimum atomic E-state index is -3.92. The van der Waals surface area contributed by atoms with Crippen LogP contribution in [-0.2, 0) is 10.0 Å². The maximum Gasteiger partial charge on any atom is 0.252 e. The fourth-order valence-electron chi connectivity index (χ4n) is 1.81. The molecule has 1 saturated carbocycles. The maximum atomic E-state index is 12.0. The van der Waals surface area contributed by atoms with Gasteiger partial charge in [0.25, 0.3) is 5.91 Å². The Kier molecular flexibility index (Phi) is 4.73. The summed E-state index contributed by atoms with van der Waals surface area (Å²) >= 11 is 9.04. The smallest absolute Gasteiger partial charge is 0.252 e. The minimum absolute atomic E-state index is 0.106. The molecule has 0 saturated heterocycles. The molecule has 0 unspecified atom stereocenters. The molecule has 0 spiro atoms. The van der Waals surface area contributed by atoms with Gasteiger partial charge in [-0.05, 0) is 40.4 Å². The topological polar surface area (TPSA) is 89.3 Å². The average Bonchev–Trinajstić information content (AvgIpc) is 3.11. The summed E-state index contributed by atoms with van der Waals surface area (Å²) in [5.41, 5.74) is 0.106. The largest absolute Gasteiger partial charge is 0.352 e. The highest BCUT2D eigenvalue weighted by molar-refractivity contribution is 9.10. The van der Waals surface area contributed by atoms with Gasteiger partial charge in [0.1, 0.15) is 0 Å². The summed E-state index contributed by atoms with van der Waals surface area (Å²) in [6, 6.07) is 2.55. The van der Waals surface area contributed by atoms with Gasteiger partial charge in [-0.1, -0.05) is 24.4 Å². The molecule has 0 bridgehead atoms. The van der Waals surface area contributed by atoms with Crippen molar-refractivity contribution in [1.82, 2.24) is 5.32 Å². The van der Waals surface area contributed by atoms with Crippen molar-refractivity contribution in [1.29, 1.82) is 0 Å². The number of carbonyl (C=O) groups excluding carboxylic acids is 1. The first-order valence-electron chi connectivity index (χ1n) is 6.09. The quantitative estimate of drug-likeness (QED) is 0.820. The van der Waals surface area contributed by atoms with Crippen LogP contribution in [0.4, 0.5) is 0 Å². The van der Waals surface area contributed by atoms with E-state index in [1.54, 1.807) is 0 Å². The van der Waals surface area contributed by atoms with E-state index in [-0.39, 0.29) is 20.0 Å². The van der Waals surface area contributed by atoms with Crippen LogP contribution in [0.3, 0.4) is 0 Å². The van der Waals surface area contributed by atoms with Crippen molar-refractivity contribution in [3.05, 3.63) is 27.2 Å². The van der Waals surface area contributed by atoms with Gasteiger partial charge in [-0.3, -0.25) is 4.79 Å². The highest BCUT2D eigenvalue weighted by Gasteiger charge is 2.22. The van der Waals surface area contributed by atoms with Crippen molar-refractivity contribution >= 4 is 43.5 Å². The van der Waals surface area contributed by atoms with E-state index in [1.165, 1.54) is 25.0 Å². The fraction of sp³-hybridized carbons (Fsp3) is 0.417. The van der Waals surface area contributed by atoms with Crippen LogP contribution in [0.5, 0.6) is 0 Å². The number of nitrogens with one attached hydrogen (secondary N) is 1. The van der Waals surface area contributed by atoms with Gasteiger partial charge >= 0.3 is 0 Å². The number of amides is 1. The lowest BCUT2D eigenvalue weighted by atomic mass is 10.2. The molecule has 1 aliphatic rings. The second-order valence-electron chi connectivity index (χ2n) is 4.80. The standard InChI is InChI=1S/C12H14BrClN2O3S/c13-9-6-10(14)8(5-11(9)20(15,18)19)12(17)16-4-3-7-1-2-7/h5-7H,1-4H2,(H,16,17)(H2,15,18,19). The third kappa shape index (κ3) is 3.94. The van der Waals surface area contributed by atoms with Gasteiger partial charge in [0.15, 0.2) is 0 Å². The fourth-order valence-corrected chi connectivity index (χ4v) is 3.83. The second-order valence-corrected chi connectivity index (χ2v) is 7.59. The summed E-state index contributed by atoms with van der Waals surface area (Å²) in [4.78, 5) is 11.9. The van der Waals surface area contributed by atoms with E-state index in [1.807, 2.05) is 0 Å². The molecule has 1 aromatic carbocycles. The molecule has 0 aromatic heterocycles. The third-order valence-electron chi connectivity index (χ3n) is 3.11. The molecule has 0 radical (unpaired) electrons. The Bertz CT molecular complexity index is 644. The average molecular weight is 382 g/mol.